The molecule has 0 bridgehead atoms. The summed E-state index contributed by atoms with van der Waals surface area (Å²) in [5.41, 5.74) is 2.31. The molecule has 1 saturated heterocycles. The Balaban J connectivity index is 1.33. The Kier molecular flexibility index (Phi) is 6.19. The molecular weight excluding hydrogens is 512 g/mol. The monoisotopic (exact) mass is 532 g/mol. The van der Waals surface area contributed by atoms with Crippen LogP contribution in [-0.4, -0.2) is 59.7 Å². The van der Waals surface area contributed by atoms with Crippen LogP contribution in [0.25, 0.3) is 20.7 Å². The molecule has 4 heterocycles. The number of amides is 1. The fourth-order valence-corrected chi connectivity index (χ4v) is 8.54. The quantitative estimate of drug-likeness (QED) is 0.375. The lowest BCUT2D eigenvalue weighted by molar-refractivity contribution is 0.0702. The molecule has 0 radical (unpaired) electrons. The summed E-state index contributed by atoms with van der Waals surface area (Å²) in [4.78, 5) is 24.1. The lowest BCUT2D eigenvalue weighted by Gasteiger charge is -2.33. The molecule has 0 saturated carbocycles. The van der Waals surface area contributed by atoms with E-state index >= 15 is 0 Å². The summed E-state index contributed by atoms with van der Waals surface area (Å²) in [6.07, 6.45) is 3.39. The Morgan fingerprint density at radius 3 is 2.44 bits per heavy atom. The molecule has 1 fully saturated rings. The summed E-state index contributed by atoms with van der Waals surface area (Å²) >= 11 is 8.72. The average Bonchev–Trinajstić information content (AvgIpc) is 3.39. The van der Waals surface area contributed by atoms with Gasteiger partial charge in [0.15, 0.2) is 0 Å². The largest absolute Gasteiger partial charge is 0.335 e. The van der Waals surface area contributed by atoms with Gasteiger partial charge < -0.3 is 4.90 Å². The van der Waals surface area contributed by atoms with Crippen molar-refractivity contribution in [2.75, 3.05) is 26.2 Å². The standard InChI is InChI=1S/C23H21ClN4O3S3/c1-14-18-13-17(24)3-4-19(18)32-23(14)34(30,31)28-11-9-27(10-12-28)22(29)20-15(2)26-21(33-20)16-5-7-25-8-6-16/h3-8,13H,9-12H2,1-2H3. The maximum Gasteiger partial charge on any atom is 0.265 e. The molecule has 0 atom stereocenters. The highest BCUT2D eigenvalue weighted by atomic mass is 35.5. The molecular formula is C23H21ClN4O3S3. The van der Waals surface area contributed by atoms with Gasteiger partial charge in [0.05, 0.1) is 5.69 Å². The predicted octanol–water partition coefficient (Wildman–Crippen LogP) is 4.84. The number of thiazole rings is 1. The topological polar surface area (TPSA) is 83.5 Å². The smallest absolute Gasteiger partial charge is 0.265 e. The number of thiophene rings is 1. The Morgan fingerprint density at radius 1 is 1.03 bits per heavy atom. The van der Waals surface area contributed by atoms with Gasteiger partial charge in [0, 0.05) is 53.9 Å². The van der Waals surface area contributed by atoms with Crippen molar-refractivity contribution in [1.29, 1.82) is 0 Å². The zero-order valence-corrected chi connectivity index (χ0v) is 21.7. The molecule has 7 nitrogen and oxygen atoms in total. The number of halogens is 1. The molecule has 0 unspecified atom stereocenters. The molecule has 1 amide bonds. The number of hydrogen-bond donors (Lipinski definition) is 0. The van der Waals surface area contributed by atoms with Gasteiger partial charge in [-0.1, -0.05) is 11.6 Å². The fourth-order valence-electron chi connectivity index (χ4n) is 4.02. The van der Waals surface area contributed by atoms with Crippen molar-refractivity contribution < 1.29 is 13.2 Å². The van der Waals surface area contributed by atoms with Gasteiger partial charge in [0.2, 0.25) is 0 Å². The molecule has 176 valence electrons. The van der Waals surface area contributed by atoms with Crippen LogP contribution in [0.4, 0.5) is 0 Å². The van der Waals surface area contributed by atoms with E-state index < -0.39 is 10.0 Å². The highest BCUT2D eigenvalue weighted by Crippen LogP contribution is 2.37. The molecule has 0 aliphatic carbocycles. The second-order valence-electron chi connectivity index (χ2n) is 8.02. The summed E-state index contributed by atoms with van der Waals surface area (Å²) < 4.78 is 29.5. The predicted molar refractivity (Wildman–Crippen MR) is 136 cm³/mol. The lowest BCUT2D eigenvalue weighted by atomic mass is 10.2. The number of aromatic nitrogens is 2. The molecule has 1 aromatic carbocycles. The van der Waals surface area contributed by atoms with Crippen molar-refractivity contribution >= 4 is 60.3 Å². The van der Waals surface area contributed by atoms with Gasteiger partial charge in [0.1, 0.15) is 14.1 Å². The van der Waals surface area contributed by atoms with E-state index in [1.165, 1.54) is 27.0 Å². The van der Waals surface area contributed by atoms with E-state index in [0.717, 1.165) is 20.7 Å². The maximum absolute atomic E-state index is 13.4. The van der Waals surface area contributed by atoms with Crippen LogP contribution in [-0.2, 0) is 10.0 Å². The van der Waals surface area contributed by atoms with E-state index in [2.05, 4.69) is 9.97 Å². The summed E-state index contributed by atoms with van der Waals surface area (Å²) in [7, 11) is -3.67. The molecule has 11 heteroatoms. The number of pyridine rings is 1. The van der Waals surface area contributed by atoms with E-state index in [-0.39, 0.29) is 19.0 Å². The van der Waals surface area contributed by atoms with Crippen molar-refractivity contribution in [2.24, 2.45) is 0 Å². The number of nitrogens with zero attached hydrogens (tertiary/aromatic N) is 4. The number of benzene rings is 1. The number of piperazine rings is 1. The normalized spacial score (nSPS) is 15.2. The number of sulfonamides is 1. The van der Waals surface area contributed by atoms with Crippen LogP contribution in [0.3, 0.4) is 0 Å². The molecule has 5 rings (SSSR count). The van der Waals surface area contributed by atoms with Crippen LogP contribution < -0.4 is 0 Å². The van der Waals surface area contributed by atoms with E-state index in [9.17, 15) is 13.2 Å². The van der Waals surface area contributed by atoms with E-state index in [1.807, 2.05) is 32.0 Å². The summed E-state index contributed by atoms with van der Waals surface area (Å²) in [6, 6.07) is 9.14. The molecule has 4 aromatic rings. The highest BCUT2D eigenvalue weighted by molar-refractivity contribution is 7.91. The number of rotatable bonds is 4. The molecule has 0 N–H and O–H groups in total. The zero-order chi connectivity index (χ0) is 24.0. The van der Waals surface area contributed by atoms with Gasteiger partial charge in [-0.15, -0.1) is 22.7 Å². The third kappa shape index (κ3) is 4.14. The number of carbonyl (C=O) groups is 1. The van der Waals surface area contributed by atoms with Crippen molar-refractivity contribution in [3.05, 3.63) is 63.9 Å². The Morgan fingerprint density at radius 2 is 1.74 bits per heavy atom. The van der Waals surface area contributed by atoms with Crippen LogP contribution in [0.2, 0.25) is 5.02 Å². The lowest BCUT2D eigenvalue weighted by Crippen LogP contribution is -2.50. The minimum Gasteiger partial charge on any atom is -0.335 e. The first-order valence-corrected chi connectivity index (χ1v) is 14.1. The van der Waals surface area contributed by atoms with Crippen LogP contribution in [0.1, 0.15) is 20.9 Å². The van der Waals surface area contributed by atoms with E-state index in [1.54, 1.807) is 29.4 Å². The molecule has 1 aliphatic rings. The van der Waals surface area contributed by atoms with Gasteiger partial charge in [-0.25, -0.2) is 13.4 Å². The Labute approximate surface area is 210 Å². The van der Waals surface area contributed by atoms with E-state index in [4.69, 9.17) is 11.6 Å². The van der Waals surface area contributed by atoms with Crippen LogP contribution >= 0.6 is 34.3 Å². The SMILES string of the molecule is Cc1nc(-c2ccncc2)sc1C(=O)N1CCN(S(=O)(=O)c2sc3ccc(Cl)cc3c2C)CC1. The molecule has 0 spiro atoms. The second-order valence-corrected chi connectivity index (χ2v) is 12.6. The number of carbonyl (C=O) groups excluding carboxylic acids is 1. The zero-order valence-electron chi connectivity index (χ0n) is 18.5. The first kappa shape index (κ1) is 23.4. The minimum absolute atomic E-state index is 0.111. The maximum atomic E-state index is 13.4. The first-order valence-electron chi connectivity index (χ1n) is 10.6. The number of hydrogen-bond acceptors (Lipinski definition) is 7. The Hall–Kier alpha value is -2.37. The fraction of sp³-hybridized carbons (Fsp3) is 0.261. The second kappa shape index (κ2) is 9.01. The first-order chi connectivity index (χ1) is 16.3. The molecule has 34 heavy (non-hydrogen) atoms. The number of fused-ring (bicyclic) bond motifs is 1. The van der Waals surface area contributed by atoms with Gasteiger partial charge >= 0.3 is 0 Å². The van der Waals surface area contributed by atoms with Crippen LogP contribution in [0, 0.1) is 13.8 Å². The number of aryl methyl sites for hydroxylation is 2. The molecule has 3 aromatic heterocycles. The van der Waals surface area contributed by atoms with E-state index in [0.29, 0.717) is 38.5 Å². The van der Waals surface area contributed by atoms with Gasteiger partial charge in [-0.05, 0) is 55.1 Å². The molecule has 1 aliphatic heterocycles. The minimum atomic E-state index is -3.67. The van der Waals surface area contributed by atoms with Crippen LogP contribution in [0.5, 0.6) is 0 Å². The third-order valence-corrected chi connectivity index (χ3v) is 11.1. The Bertz CT molecular complexity index is 1490. The summed E-state index contributed by atoms with van der Waals surface area (Å²) in [5, 5.41) is 2.20. The average molecular weight is 533 g/mol. The van der Waals surface area contributed by atoms with Crippen molar-refractivity contribution in [1.82, 2.24) is 19.2 Å². The van der Waals surface area contributed by atoms with Gasteiger partial charge in [0.25, 0.3) is 15.9 Å². The van der Waals surface area contributed by atoms with Crippen molar-refractivity contribution in [2.45, 2.75) is 18.1 Å². The van der Waals surface area contributed by atoms with Crippen LogP contribution in [0.15, 0.2) is 46.9 Å². The van der Waals surface area contributed by atoms with Crippen molar-refractivity contribution in [3.63, 3.8) is 0 Å². The summed E-state index contributed by atoms with van der Waals surface area (Å²) in [6.45, 7) is 4.79. The third-order valence-electron chi connectivity index (χ3n) is 5.87. The van der Waals surface area contributed by atoms with Gasteiger partial charge in [-0.3, -0.25) is 9.78 Å². The summed E-state index contributed by atoms with van der Waals surface area (Å²) in [5.74, 6) is -0.111. The van der Waals surface area contributed by atoms with Gasteiger partial charge in [-0.2, -0.15) is 4.31 Å². The van der Waals surface area contributed by atoms with Crippen molar-refractivity contribution in [3.8, 4) is 10.6 Å². The highest BCUT2D eigenvalue weighted by Gasteiger charge is 2.34.